The van der Waals surface area contributed by atoms with Gasteiger partial charge in [0.15, 0.2) is 0 Å². The minimum Gasteiger partial charge on any atom is -0.481 e. The highest BCUT2D eigenvalue weighted by atomic mass is 35.5. The molecule has 3 aliphatic rings. The number of nitrogens with one attached hydrogen (secondary N) is 4. The Morgan fingerprint density at radius 3 is 2.37 bits per heavy atom. The third kappa shape index (κ3) is 7.31. The fraction of sp³-hybridized carbons (Fsp3) is 0.368. The number of halogens is 2. The molecule has 2 fully saturated rings. The summed E-state index contributed by atoms with van der Waals surface area (Å²) in [5, 5.41) is 14.2. The number of benzene rings is 2. The number of hydrogen-bond acceptors (Lipinski definition) is 7. The van der Waals surface area contributed by atoms with Crippen LogP contribution in [0.25, 0.3) is 33.6 Å². The van der Waals surface area contributed by atoms with Crippen LogP contribution in [0.1, 0.15) is 61.3 Å². The molecule has 2 saturated heterocycles. The molecule has 0 radical (unpaired) electrons. The van der Waals surface area contributed by atoms with Crippen molar-refractivity contribution >= 4 is 35.0 Å². The van der Waals surface area contributed by atoms with Gasteiger partial charge >= 0.3 is 0 Å². The first-order valence-electron chi connectivity index (χ1n) is 17.0. The molecule has 11 heteroatoms. The van der Waals surface area contributed by atoms with E-state index in [9.17, 15) is 9.59 Å². The van der Waals surface area contributed by atoms with Crippen molar-refractivity contribution in [1.82, 2.24) is 31.2 Å². The van der Waals surface area contributed by atoms with Gasteiger partial charge in [0.2, 0.25) is 17.7 Å². The van der Waals surface area contributed by atoms with Crippen LogP contribution in [0, 0.1) is 0 Å². The first-order chi connectivity index (χ1) is 23.9. The van der Waals surface area contributed by atoms with E-state index in [1.165, 1.54) is 11.1 Å². The average molecular weight is 700 g/mol. The second-order valence-electron chi connectivity index (χ2n) is 13.1. The summed E-state index contributed by atoms with van der Waals surface area (Å²) in [6.07, 6.45) is 7.85. The number of amides is 2. The SMILES string of the molecule is COc1nc(-c2cccc(-c3ccnc(-c4ccc5c(c4)CCCC5NC[C@@H]4CCC(=O)N4)c3Cl)c2Cl)ccc1CNC[C@@H]1CCC(=O)N1. The van der Waals surface area contributed by atoms with E-state index in [1.807, 2.05) is 36.4 Å². The van der Waals surface area contributed by atoms with E-state index in [0.29, 0.717) is 53.2 Å². The van der Waals surface area contributed by atoms with Gasteiger partial charge in [0, 0.05) is 84.6 Å². The standard InChI is InChI=1S/C38H40Cl2N6O3/c1-49-38-24(19-41-20-25-10-14-33(47)44-25)9-13-32(46-38)30-6-3-5-28(35(30)39)29-16-17-42-37(36(29)40)23-8-12-27-22(18-23)4-2-7-31(27)43-21-26-11-15-34(48)45-26/h3,5-6,8-9,12-13,16-18,25-26,31,41,43H,2,4,7,10-11,14-15,19-21H2,1H3,(H,44,47)(H,45,48)/t25-,26-,31?/m0/s1. The van der Waals surface area contributed by atoms with Crippen molar-refractivity contribution in [3.05, 3.63) is 87.5 Å². The number of methoxy groups -OCH3 is 1. The summed E-state index contributed by atoms with van der Waals surface area (Å²) in [7, 11) is 1.61. The molecular formula is C38H40Cl2N6O3. The molecule has 9 nitrogen and oxygen atoms in total. The van der Waals surface area contributed by atoms with Gasteiger partial charge in [-0.1, -0.05) is 59.6 Å². The molecule has 3 atom stereocenters. The van der Waals surface area contributed by atoms with Gasteiger partial charge in [-0.25, -0.2) is 4.98 Å². The van der Waals surface area contributed by atoms with Gasteiger partial charge < -0.3 is 26.0 Å². The lowest BCUT2D eigenvalue weighted by atomic mass is 9.86. The molecule has 1 aliphatic carbocycles. The maximum atomic E-state index is 11.6. The van der Waals surface area contributed by atoms with E-state index < -0.39 is 0 Å². The van der Waals surface area contributed by atoms with Crippen LogP contribution in [0.5, 0.6) is 5.88 Å². The quantitative estimate of drug-likeness (QED) is 0.143. The smallest absolute Gasteiger partial charge is 0.220 e. The number of aromatic nitrogens is 2. The third-order valence-corrected chi connectivity index (χ3v) is 10.6. The monoisotopic (exact) mass is 698 g/mol. The highest BCUT2D eigenvalue weighted by Gasteiger charge is 2.26. The second-order valence-corrected chi connectivity index (χ2v) is 13.8. The lowest BCUT2D eigenvalue weighted by Crippen LogP contribution is -2.38. The van der Waals surface area contributed by atoms with Crippen LogP contribution in [-0.2, 0) is 22.6 Å². The summed E-state index contributed by atoms with van der Waals surface area (Å²) in [6.45, 7) is 2.02. The summed E-state index contributed by atoms with van der Waals surface area (Å²) < 4.78 is 5.66. The molecule has 7 rings (SSSR count). The van der Waals surface area contributed by atoms with Crippen molar-refractivity contribution < 1.29 is 14.3 Å². The number of hydrogen-bond donors (Lipinski definition) is 4. The average Bonchev–Trinajstić information content (AvgIpc) is 3.74. The molecule has 4 N–H and O–H groups in total. The van der Waals surface area contributed by atoms with Crippen molar-refractivity contribution in [2.24, 2.45) is 0 Å². The zero-order chi connectivity index (χ0) is 33.9. The first kappa shape index (κ1) is 33.5. The van der Waals surface area contributed by atoms with Gasteiger partial charge in [-0.3, -0.25) is 14.6 Å². The zero-order valence-electron chi connectivity index (χ0n) is 27.5. The van der Waals surface area contributed by atoms with E-state index >= 15 is 0 Å². The molecular weight excluding hydrogens is 659 g/mol. The highest BCUT2D eigenvalue weighted by Crippen LogP contribution is 2.42. The normalized spacial score (nSPS) is 20.2. The molecule has 1 unspecified atom stereocenters. The molecule has 2 aromatic heterocycles. The summed E-state index contributed by atoms with van der Waals surface area (Å²) in [5.74, 6) is 0.762. The molecule has 0 bridgehead atoms. The summed E-state index contributed by atoms with van der Waals surface area (Å²) >= 11 is 14.2. The maximum absolute atomic E-state index is 11.6. The third-order valence-electron chi connectivity index (χ3n) is 9.80. The Kier molecular flexibility index (Phi) is 10.1. The van der Waals surface area contributed by atoms with Gasteiger partial charge in [0.05, 0.1) is 28.5 Å². The summed E-state index contributed by atoms with van der Waals surface area (Å²) in [4.78, 5) is 32.7. The van der Waals surface area contributed by atoms with Crippen LogP contribution in [0.4, 0.5) is 0 Å². The molecule has 2 aromatic carbocycles. The van der Waals surface area contributed by atoms with Crippen LogP contribution < -0.4 is 26.0 Å². The first-order valence-corrected chi connectivity index (χ1v) is 17.8. The Hall–Kier alpha value is -4.02. The van der Waals surface area contributed by atoms with Gasteiger partial charge in [-0.2, -0.15) is 0 Å². The fourth-order valence-corrected chi connectivity index (χ4v) is 7.87. The number of carbonyl (C=O) groups excluding carboxylic acids is 2. The lowest BCUT2D eigenvalue weighted by Gasteiger charge is -2.28. The minimum atomic E-state index is 0.105. The van der Waals surface area contributed by atoms with Crippen molar-refractivity contribution in [1.29, 1.82) is 0 Å². The Morgan fingerprint density at radius 2 is 1.61 bits per heavy atom. The molecule has 0 saturated carbocycles. The van der Waals surface area contributed by atoms with Gasteiger partial charge in [0.1, 0.15) is 0 Å². The number of fused-ring (bicyclic) bond motifs is 1. The van der Waals surface area contributed by atoms with E-state index in [0.717, 1.165) is 66.5 Å². The number of ether oxygens (including phenoxy) is 1. The molecule has 4 aromatic rings. The van der Waals surface area contributed by atoms with Crippen molar-refractivity contribution in [3.63, 3.8) is 0 Å². The van der Waals surface area contributed by atoms with Crippen LogP contribution in [0.15, 0.2) is 60.8 Å². The lowest BCUT2D eigenvalue weighted by molar-refractivity contribution is -0.120. The zero-order valence-corrected chi connectivity index (χ0v) is 29.0. The summed E-state index contributed by atoms with van der Waals surface area (Å²) in [6, 6.07) is 18.8. The Morgan fingerprint density at radius 1 is 0.857 bits per heavy atom. The van der Waals surface area contributed by atoms with E-state index in [4.69, 9.17) is 37.9 Å². The predicted octanol–water partition coefficient (Wildman–Crippen LogP) is 6.41. The van der Waals surface area contributed by atoms with Crippen LogP contribution >= 0.6 is 23.2 Å². The van der Waals surface area contributed by atoms with Gasteiger partial charge in [0.25, 0.3) is 0 Å². The molecule has 254 valence electrons. The van der Waals surface area contributed by atoms with Gasteiger partial charge in [-0.15, -0.1) is 0 Å². The molecule has 49 heavy (non-hydrogen) atoms. The van der Waals surface area contributed by atoms with Gasteiger partial charge in [-0.05, 0) is 61.4 Å². The van der Waals surface area contributed by atoms with Crippen molar-refractivity contribution in [2.45, 2.75) is 69.6 Å². The Bertz CT molecular complexity index is 1880. The predicted molar refractivity (Wildman–Crippen MR) is 193 cm³/mol. The number of aryl methyl sites for hydroxylation is 1. The van der Waals surface area contributed by atoms with Crippen LogP contribution in [0.2, 0.25) is 10.0 Å². The molecule has 2 aliphatic heterocycles. The van der Waals surface area contributed by atoms with E-state index in [2.05, 4.69) is 39.5 Å². The Labute approximate surface area is 296 Å². The van der Waals surface area contributed by atoms with Crippen LogP contribution in [-0.4, -0.2) is 54.1 Å². The highest BCUT2D eigenvalue weighted by molar-refractivity contribution is 6.39. The van der Waals surface area contributed by atoms with Crippen LogP contribution in [0.3, 0.4) is 0 Å². The summed E-state index contributed by atoms with van der Waals surface area (Å²) in [5.41, 5.74) is 8.23. The minimum absolute atomic E-state index is 0.105. The molecule has 4 heterocycles. The fourth-order valence-electron chi connectivity index (χ4n) is 7.22. The maximum Gasteiger partial charge on any atom is 0.220 e. The molecule has 2 amide bonds. The van der Waals surface area contributed by atoms with E-state index in [-0.39, 0.29) is 29.9 Å². The number of pyridine rings is 2. The Balaban J connectivity index is 1.10. The van der Waals surface area contributed by atoms with E-state index in [1.54, 1.807) is 13.3 Å². The number of nitrogens with zero attached hydrogens (tertiary/aromatic N) is 2. The number of carbonyl (C=O) groups is 2. The second kappa shape index (κ2) is 14.8. The molecule has 0 spiro atoms. The number of rotatable bonds is 11. The van der Waals surface area contributed by atoms with Crippen molar-refractivity contribution in [2.75, 3.05) is 20.2 Å². The van der Waals surface area contributed by atoms with Crippen molar-refractivity contribution in [3.8, 4) is 39.5 Å². The topological polar surface area (TPSA) is 117 Å². The largest absolute Gasteiger partial charge is 0.481 e.